The van der Waals surface area contributed by atoms with Crippen LogP contribution in [0.2, 0.25) is 5.02 Å². The van der Waals surface area contributed by atoms with E-state index >= 15 is 0 Å². The molecule has 0 radical (unpaired) electrons. The largest absolute Gasteiger partial charge is 0.495 e. The molecule has 1 aliphatic rings. The first-order valence-corrected chi connectivity index (χ1v) is 11.8. The SMILES string of the molecule is COc1ccc(NC(=O)[C@@H]2CCCN(S(=O)(=O)c3ccc4ccccc4c3)C2)cc1Cl. The fourth-order valence-corrected chi connectivity index (χ4v) is 5.66. The van der Waals surface area contributed by atoms with Gasteiger partial charge in [0.25, 0.3) is 0 Å². The number of fused-ring (bicyclic) bond motifs is 1. The maximum Gasteiger partial charge on any atom is 0.243 e. The highest BCUT2D eigenvalue weighted by Crippen LogP contribution is 2.29. The minimum Gasteiger partial charge on any atom is -0.495 e. The molecule has 3 aromatic carbocycles. The Kier molecular flexibility index (Phi) is 6.18. The maximum absolute atomic E-state index is 13.2. The van der Waals surface area contributed by atoms with Crippen LogP contribution in [0.4, 0.5) is 5.69 Å². The zero-order valence-corrected chi connectivity index (χ0v) is 18.6. The van der Waals surface area contributed by atoms with E-state index in [0.29, 0.717) is 35.8 Å². The summed E-state index contributed by atoms with van der Waals surface area (Å²) in [6.45, 7) is 0.540. The summed E-state index contributed by atoms with van der Waals surface area (Å²) in [4.78, 5) is 13.1. The Morgan fingerprint density at radius 3 is 2.61 bits per heavy atom. The van der Waals surface area contributed by atoms with E-state index in [1.54, 1.807) is 30.3 Å². The number of carbonyl (C=O) groups excluding carboxylic acids is 1. The summed E-state index contributed by atoms with van der Waals surface area (Å²) < 4.78 is 33.0. The van der Waals surface area contributed by atoms with Crippen LogP contribution in [-0.2, 0) is 14.8 Å². The molecular weight excluding hydrogens is 436 g/mol. The summed E-state index contributed by atoms with van der Waals surface area (Å²) in [6, 6.07) is 17.7. The highest BCUT2D eigenvalue weighted by molar-refractivity contribution is 7.89. The van der Waals surface area contributed by atoms with Crippen molar-refractivity contribution in [2.24, 2.45) is 5.92 Å². The van der Waals surface area contributed by atoms with Crippen molar-refractivity contribution in [2.75, 3.05) is 25.5 Å². The lowest BCUT2D eigenvalue weighted by Gasteiger charge is -2.31. The lowest BCUT2D eigenvalue weighted by molar-refractivity contribution is -0.120. The highest BCUT2D eigenvalue weighted by atomic mass is 35.5. The Hall–Kier alpha value is -2.61. The zero-order valence-electron chi connectivity index (χ0n) is 17.0. The molecule has 0 bridgehead atoms. The Labute approximate surface area is 186 Å². The van der Waals surface area contributed by atoms with Gasteiger partial charge in [0.05, 0.1) is 22.9 Å². The second kappa shape index (κ2) is 8.86. The molecule has 1 atom stereocenters. The van der Waals surface area contributed by atoms with Gasteiger partial charge in [0.1, 0.15) is 5.75 Å². The second-order valence-electron chi connectivity index (χ2n) is 7.55. The molecule has 1 amide bonds. The van der Waals surface area contributed by atoms with Crippen LogP contribution in [0.1, 0.15) is 12.8 Å². The Morgan fingerprint density at radius 1 is 1.10 bits per heavy atom. The Balaban J connectivity index is 1.50. The van der Waals surface area contributed by atoms with Gasteiger partial charge in [0.15, 0.2) is 0 Å². The third kappa shape index (κ3) is 4.54. The predicted molar refractivity (Wildman–Crippen MR) is 122 cm³/mol. The summed E-state index contributed by atoms with van der Waals surface area (Å²) in [5.74, 6) is -0.144. The van der Waals surface area contributed by atoms with E-state index in [2.05, 4.69) is 5.32 Å². The van der Waals surface area contributed by atoms with Crippen molar-refractivity contribution in [3.05, 3.63) is 65.7 Å². The van der Waals surface area contributed by atoms with Crippen LogP contribution >= 0.6 is 11.6 Å². The van der Waals surface area contributed by atoms with Crippen LogP contribution in [0.5, 0.6) is 5.75 Å². The number of hydrogen-bond acceptors (Lipinski definition) is 4. The van der Waals surface area contributed by atoms with Gasteiger partial charge < -0.3 is 10.1 Å². The van der Waals surface area contributed by atoms with Gasteiger partial charge >= 0.3 is 0 Å². The van der Waals surface area contributed by atoms with E-state index in [0.717, 1.165) is 10.8 Å². The lowest BCUT2D eigenvalue weighted by atomic mass is 9.98. The van der Waals surface area contributed by atoms with Crippen molar-refractivity contribution in [2.45, 2.75) is 17.7 Å². The molecule has 1 saturated heterocycles. The minimum atomic E-state index is -3.69. The number of piperidine rings is 1. The van der Waals surface area contributed by atoms with Gasteiger partial charge in [0, 0.05) is 18.8 Å². The number of hydrogen-bond donors (Lipinski definition) is 1. The molecule has 0 unspecified atom stereocenters. The topological polar surface area (TPSA) is 75.7 Å². The van der Waals surface area contributed by atoms with Crippen molar-refractivity contribution in [3.8, 4) is 5.75 Å². The molecule has 0 aliphatic carbocycles. The van der Waals surface area contributed by atoms with Crippen LogP contribution in [-0.4, -0.2) is 38.8 Å². The number of methoxy groups -OCH3 is 1. The number of sulfonamides is 1. The van der Waals surface area contributed by atoms with Gasteiger partial charge in [-0.15, -0.1) is 0 Å². The average Bonchev–Trinajstić information content (AvgIpc) is 2.79. The van der Waals surface area contributed by atoms with Crippen molar-refractivity contribution in [3.63, 3.8) is 0 Å². The average molecular weight is 459 g/mol. The highest BCUT2D eigenvalue weighted by Gasteiger charge is 2.33. The minimum absolute atomic E-state index is 0.144. The first kappa shape index (κ1) is 21.6. The zero-order chi connectivity index (χ0) is 22.0. The third-order valence-electron chi connectivity index (χ3n) is 5.53. The van der Waals surface area contributed by atoms with Crippen molar-refractivity contribution < 1.29 is 17.9 Å². The van der Waals surface area contributed by atoms with Crippen LogP contribution in [0.25, 0.3) is 10.8 Å². The molecule has 6 nitrogen and oxygen atoms in total. The van der Waals surface area contributed by atoms with E-state index in [9.17, 15) is 13.2 Å². The third-order valence-corrected chi connectivity index (χ3v) is 7.69. The van der Waals surface area contributed by atoms with E-state index in [1.807, 2.05) is 30.3 Å². The number of rotatable bonds is 5. The monoisotopic (exact) mass is 458 g/mol. The maximum atomic E-state index is 13.2. The number of benzene rings is 3. The molecule has 0 saturated carbocycles. The van der Waals surface area contributed by atoms with Crippen molar-refractivity contribution >= 4 is 44.0 Å². The van der Waals surface area contributed by atoms with Crippen LogP contribution in [0, 0.1) is 5.92 Å². The standard InChI is InChI=1S/C23H23ClN2O4S/c1-30-22-11-9-19(14-21(22)24)25-23(27)18-7-4-12-26(15-18)31(28,29)20-10-8-16-5-2-3-6-17(16)13-20/h2-3,5-6,8-11,13-14,18H,4,7,12,15H2,1H3,(H,25,27)/t18-/m1/s1. The van der Waals surface area contributed by atoms with Gasteiger partial charge in [-0.25, -0.2) is 8.42 Å². The van der Waals surface area contributed by atoms with Gasteiger partial charge in [-0.1, -0.05) is 41.9 Å². The number of halogens is 1. The first-order valence-electron chi connectivity index (χ1n) is 10.0. The molecule has 0 aromatic heterocycles. The molecule has 1 heterocycles. The molecule has 8 heteroatoms. The van der Waals surface area contributed by atoms with Crippen molar-refractivity contribution in [1.82, 2.24) is 4.31 Å². The Morgan fingerprint density at radius 2 is 1.87 bits per heavy atom. The molecule has 3 aromatic rings. The smallest absolute Gasteiger partial charge is 0.243 e. The molecule has 1 fully saturated rings. The molecule has 31 heavy (non-hydrogen) atoms. The number of ether oxygens (including phenoxy) is 1. The van der Waals surface area contributed by atoms with Gasteiger partial charge in [0.2, 0.25) is 15.9 Å². The van der Waals surface area contributed by atoms with Gasteiger partial charge in [-0.3, -0.25) is 4.79 Å². The molecule has 4 rings (SSSR count). The number of amides is 1. The molecule has 162 valence electrons. The molecule has 1 aliphatic heterocycles. The predicted octanol–water partition coefficient (Wildman–Crippen LogP) is 4.54. The Bertz CT molecular complexity index is 1230. The van der Waals surface area contributed by atoms with Crippen LogP contribution in [0.3, 0.4) is 0 Å². The normalized spacial score (nSPS) is 17.4. The number of anilines is 1. The summed E-state index contributed by atoms with van der Waals surface area (Å²) in [5, 5.41) is 5.08. The van der Waals surface area contributed by atoms with E-state index in [1.165, 1.54) is 11.4 Å². The summed E-state index contributed by atoms with van der Waals surface area (Å²) in [5.41, 5.74) is 0.547. The summed E-state index contributed by atoms with van der Waals surface area (Å²) >= 11 is 6.13. The molecular formula is C23H23ClN2O4S. The number of nitrogens with zero attached hydrogens (tertiary/aromatic N) is 1. The fraction of sp³-hybridized carbons (Fsp3) is 0.261. The fourth-order valence-electron chi connectivity index (χ4n) is 3.84. The van der Waals surface area contributed by atoms with E-state index in [-0.39, 0.29) is 17.3 Å². The van der Waals surface area contributed by atoms with Gasteiger partial charge in [-0.05, 0) is 53.9 Å². The molecule has 0 spiro atoms. The van der Waals surface area contributed by atoms with Crippen LogP contribution in [0.15, 0.2) is 65.6 Å². The molecule has 1 N–H and O–H groups in total. The summed E-state index contributed by atoms with van der Waals surface area (Å²) in [7, 11) is -2.17. The van der Waals surface area contributed by atoms with Crippen LogP contribution < -0.4 is 10.1 Å². The van der Waals surface area contributed by atoms with E-state index in [4.69, 9.17) is 16.3 Å². The quantitative estimate of drug-likeness (QED) is 0.609. The lowest BCUT2D eigenvalue weighted by Crippen LogP contribution is -2.43. The first-order chi connectivity index (χ1) is 14.9. The van der Waals surface area contributed by atoms with Crippen molar-refractivity contribution in [1.29, 1.82) is 0 Å². The summed E-state index contributed by atoms with van der Waals surface area (Å²) in [6.07, 6.45) is 1.24. The second-order valence-corrected chi connectivity index (χ2v) is 9.89. The van der Waals surface area contributed by atoms with Gasteiger partial charge in [-0.2, -0.15) is 4.31 Å². The number of carbonyl (C=O) groups is 1. The van der Waals surface area contributed by atoms with E-state index < -0.39 is 15.9 Å². The number of nitrogens with one attached hydrogen (secondary N) is 1.